The van der Waals surface area contributed by atoms with Crippen molar-refractivity contribution in [1.29, 1.82) is 0 Å². The molecule has 0 aliphatic heterocycles. The molecule has 0 bridgehead atoms. The molecule has 26 heavy (non-hydrogen) atoms. The fourth-order valence-electron chi connectivity index (χ4n) is 3.02. The first kappa shape index (κ1) is 18.0. The quantitative estimate of drug-likeness (QED) is 0.714. The van der Waals surface area contributed by atoms with E-state index < -0.39 is 0 Å². The van der Waals surface area contributed by atoms with Gasteiger partial charge in [-0.1, -0.05) is 25.5 Å². The summed E-state index contributed by atoms with van der Waals surface area (Å²) in [4.78, 5) is 28.0. The lowest BCUT2D eigenvalue weighted by molar-refractivity contribution is 0.0829. The number of carbonyl (C=O) groups is 1. The lowest BCUT2D eigenvalue weighted by Crippen LogP contribution is -2.22. The highest BCUT2D eigenvalue weighted by Gasteiger charge is 2.17. The van der Waals surface area contributed by atoms with Crippen LogP contribution in [0.5, 0.6) is 0 Å². The summed E-state index contributed by atoms with van der Waals surface area (Å²) in [6.45, 7) is 8.17. The summed E-state index contributed by atoms with van der Waals surface area (Å²) >= 11 is 0. The minimum Gasteiger partial charge on any atom is -0.345 e. The number of carbonyl (C=O) groups excluding carboxylic acids is 1. The molecule has 5 heteroatoms. The second-order valence-corrected chi connectivity index (χ2v) is 7.22. The van der Waals surface area contributed by atoms with E-state index in [4.69, 9.17) is 4.98 Å². The van der Waals surface area contributed by atoms with Gasteiger partial charge < -0.3 is 4.90 Å². The van der Waals surface area contributed by atoms with Gasteiger partial charge in [-0.25, -0.2) is 15.0 Å². The smallest absolute Gasteiger partial charge is 0.254 e. The van der Waals surface area contributed by atoms with E-state index in [1.165, 1.54) is 0 Å². The molecule has 5 nitrogen and oxygen atoms in total. The summed E-state index contributed by atoms with van der Waals surface area (Å²) in [6.07, 6.45) is 3.56. The van der Waals surface area contributed by atoms with Crippen LogP contribution in [0.25, 0.3) is 22.2 Å². The Morgan fingerprint density at radius 3 is 2.27 bits per heavy atom. The molecule has 0 saturated heterocycles. The van der Waals surface area contributed by atoms with Crippen LogP contribution in [0, 0.1) is 13.8 Å². The summed E-state index contributed by atoms with van der Waals surface area (Å²) < 4.78 is 0. The summed E-state index contributed by atoms with van der Waals surface area (Å²) in [5.41, 5.74) is 5.17. The van der Waals surface area contributed by atoms with Gasteiger partial charge in [-0.15, -0.1) is 0 Å². The van der Waals surface area contributed by atoms with Gasteiger partial charge in [0.25, 0.3) is 5.91 Å². The molecule has 1 aromatic carbocycles. The predicted molar refractivity (Wildman–Crippen MR) is 104 cm³/mol. The fourth-order valence-corrected chi connectivity index (χ4v) is 3.02. The number of hydrogen-bond donors (Lipinski definition) is 0. The zero-order valence-electron chi connectivity index (χ0n) is 16.2. The van der Waals surface area contributed by atoms with Crippen molar-refractivity contribution in [2.24, 2.45) is 0 Å². The highest BCUT2D eigenvalue weighted by molar-refractivity contribution is 6.07. The number of benzene rings is 1. The molecular formula is C21H24N4O. The highest BCUT2D eigenvalue weighted by Crippen LogP contribution is 2.28. The maximum atomic E-state index is 12.8. The SMILES string of the molecule is Cc1cc(C)c2nc(-c3cnc(C(C)C)nc3)cc(C(=O)N(C)C)c2c1. The minimum atomic E-state index is -0.0385. The first-order chi connectivity index (χ1) is 12.3. The van der Waals surface area contributed by atoms with Gasteiger partial charge in [0.05, 0.1) is 16.8 Å². The van der Waals surface area contributed by atoms with Gasteiger partial charge >= 0.3 is 0 Å². The van der Waals surface area contributed by atoms with E-state index in [2.05, 4.69) is 29.9 Å². The minimum absolute atomic E-state index is 0.0385. The number of hydrogen-bond acceptors (Lipinski definition) is 4. The average molecular weight is 348 g/mol. The lowest BCUT2D eigenvalue weighted by Gasteiger charge is -2.15. The Morgan fingerprint density at radius 1 is 1.04 bits per heavy atom. The zero-order valence-corrected chi connectivity index (χ0v) is 16.2. The molecule has 0 N–H and O–H groups in total. The van der Waals surface area contributed by atoms with Crippen LogP contribution in [0.15, 0.2) is 30.6 Å². The Hall–Kier alpha value is -2.82. The number of amides is 1. The molecule has 2 heterocycles. The summed E-state index contributed by atoms with van der Waals surface area (Å²) in [6, 6.07) is 5.95. The molecule has 0 unspecified atom stereocenters. The van der Waals surface area contributed by atoms with E-state index in [0.717, 1.165) is 33.4 Å². The molecule has 3 rings (SSSR count). The van der Waals surface area contributed by atoms with Crippen LogP contribution in [0.2, 0.25) is 0 Å². The monoisotopic (exact) mass is 348 g/mol. The predicted octanol–water partition coefficient (Wildman–Crippen LogP) is 4.13. The molecule has 2 aromatic heterocycles. The molecule has 0 aliphatic rings. The topological polar surface area (TPSA) is 59.0 Å². The third-order valence-corrected chi connectivity index (χ3v) is 4.37. The van der Waals surface area contributed by atoms with Gasteiger partial charge in [-0.05, 0) is 31.5 Å². The molecule has 0 fully saturated rings. The Balaban J connectivity index is 2.25. The normalized spacial score (nSPS) is 11.2. The Morgan fingerprint density at radius 2 is 1.69 bits per heavy atom. The van der Waals surface area contributed by atoms with Crippen LogP contribution in [0.1, 0.15) is 47.1 Å². The van der Waals surface area contributed by atoms with E-state index in [9.17, 15) is 4.79 Å². The Labute approximate surface area is 154 Å². The zero-order chi connectivity index (χ0) is 19.0. The van der Waals surface area contributed by atoms with Crippen LogP contribution < -0.4 is 0 Å². The molecule has 0 atom stereocenters. The maximum Gasteiger partial charge on any atom is 0.254 e. The summed E-state index contributed by atoms with van der Waals surface area (Å²) in [7, 11) is 3.52. The largest absolute Gasteiger partial charge is 0.345 e. The van der Waals surface area contributed by atoms with Gasteiger partial charge in [-0.2, -0.15) is 0 Å². The fraction of sp³-hybridized carbons (Fsp3) is 0.333. The van der Waals surface area contributed by atoms with Crippen molar-refractivity contribution in [1.82, 2.24) is 19.9 Å². The third-order valence-electron chi connectivity index (χ3n) is 4.37. The van der Waals surface area contributed by atoms with Crippen molar-refractivity contribution < 1.29 is 4.79 Å². The van der Waals surface area contributed by atoms with Gasteiger partial charge in [0.2, 0.25) is 0 Å². The molecule has 1 amide bonds. The lowest BCUT2D eigenvalue weighted by atomic mass is 10.00. The summed E-state index contributed by atoms with van der Waals surface area (Å²) in [5.74, 6) is 1.03. The van der Waals surface area contributed by atoms with Gasteiger partial charge in [0, 0.05) is 43.4 Å². The van der Waals surface area contributed by atoms with Crippen LogP contribution in [-0.2, 0) is 0 Å². The van der Waals surface area contributed by atoms with E-state index in [1.54, 1.807) is 31.4 Å². The highest BCUT2D eigenvalue weighted by atomic mass is 16.2. The second-order valence-electron chi connectivity index (χ2n) is 7.22. The molecule has 0 radical (unpaired) electrons. The first-order valence-electron chi connectivity index (χ1n) is 8.74. The van der Waals surface area contributed by atoms with Crippen LogP contribution >= 0.6 is 0 Å². The third kappa shape index (κ3) is 3.29. The van der Waals surface area contributed by atoms with Crippen molar-refractivity contribution in [3.63, 3.8) is 0 Å². The van der Waals surface area contributed by atoms with Crippen molar-refractivity contribution >= 4 is 16.8 Å². The second kappa shape index (κ2) is 6.83. The number of aromatic nitrogens is 3. The van der Waals surface area contributed by atoms with Gasteiger partial charge in [0.15, 0.2) is 0 Å². The van der Waals surface area contributed by atoms with Crippen molar-refractivity contribution in [3.05, 3.63) is 53.1 Å². The van der Waals surface area contributed by atoms with Crippen LogP contribution in [0.4, 0.5) is 0 Å². The molecule has 0 saturated carbocycles. The molecule has 0 aliphatic carbocycles. The number of aryl methyl sites for hydroxylation is 2. The molecule has 134 valence electrons. The van der Waals surface area contributed by atoms with Crippen LogP contribution in [-0.4, -0.2) is 39.9 Å². The van der Waals surface area contributed by atoms with E-state index in [-0.39, 0.29) is 11.8 Å². The number of fused-ring (bicyclic) bond motifs is 1. The molecule has 0 spiro atoms. The van der Waals surface area contributed by atoms with E-state index >= 15 is 0 Å². The van der Waals surface area contributed by atoms with Crippen molar-refractivity contribution in [2.45, 2.75) is 33.6 Å². The summed E-state index contributed by atoms with van der Waals surface area (Å²) in [5, 5.41) is 0.879. The number of nitrogens with zero attached hydrogens (tertiary/aromatic N) is 4. The standard InChI is InChI=1S/C21H24N4O/c1-12(2)20-22-10-15(11-23-20)18-9-17(21(26)25(5)6)16-8-13(3)7-14(4)19(16)24-18/h7-12H,1-6H3. The van der Waals surface area contributed by atoms with Gasteiger partial charge in [-0.3, -0.25) is 4.79 Å². The molecule has 3 aromatic rings. The van der Waals surface area contributed by atoms with Gasteiger partial charge in [0.1, 0.15) is 5.82 Å². The first-order valence-corrected chi connectivity index (χ1v) is 8.74. The number of rotatable bonds is 3. The van der Waals surface area contributed by atoms with E-state index in [0.29, 0.717) is 11.3 Å². The Bertz CT molecular complexity index is 975. The van der Waals surface area contributed by atoms with Crippen LogP contribution in [0.3, 0.4) is 0 Å². The molecular weight excluding hydrogens is 324 g/mol. The van der Waals surface area contributed by atoms with Crippen molar-refractivity contribution in [3.8, 4) is 11.3 Å². The van der Waals surface area contributed by atoms with E-state index in [1.807, 2.05) is 26.0 Å². The average Bonchev–Trinajstić information content (AvgIpc) is 2.60. The maximum absolute atomic E-state index is 12.8. The number of pyridine rings is 1. The van der Waals surface area contributed by atoms with Crippen molar-refractivity contribution in [2.75, 3.05) is 14.1 Å². The Kier molecular flexibility index (Phi) is 4.72.